The molecule has 1 aliphatic heterocycles. The molecule has 1 aliphatic rings. The van der Waals surface area contributed by atoms with E-state index in [1.165, 1.54) is 4.88 Å². The minimum absolute atomic E-state index is 0.107. The highest BCUT2D eigenvalue weighted by atomic mass is 32.1. The Hall–Kier alpha value is -1.61. The first kappa shape index (κ1) is 9.60. The van der Waals surface area contributed by atoms with Gasteiger partial charge in [0.15, 0.2) is 6.10 Å². The summed E-state index contributed by atoms with van der Waals surface area (Å²) in [6.45, 7) is 0. The lowest BCUT2D eigenvalue weighted by Crippen LogP contribution is -1.99. The van der Waals surface area contributed by atoms with E-state index in [2.05, 4.69) is 28.7 Å². The van der Waals surface area contributed by atoms with Crippen LogP contribution in [0.4, 0.5) is 0 Å². The first-order valence-electron chi connectivity index (χ1n) is 5.25. The molecule has 0 saturated heterocycles. The Morgan fingerprint density at radius 1 is 1.12 bits per heavy atom. The molecule has 1 aromatic carbocycles. The van der Waals surface area contributed by atoms with E-state index in [9.17, 15) is 0 Å². The van der Waals surface area contributed by atoms with Gasteiger partial charge < -0.3 is 4.84 Å². The highest BCUT2D eigenvalue weighted by Gasteiger charge is 2.24. The fourth-order valence-electron chi connectivity index (χ4n) is 1.81. The first-order chi connectivity index (χ1) is 7.93. The van der Waals surface area contributed by atoms with Crippen molar-refractivity contribution in [3.63, 3.8) is 0 Å². The summed E-state index contributed by atoms with van der Waals surface area (Å²) < 4.78 is 0. The standard InChI is InChI=1S/C13H11NOS/c1-2-5-10(6-3-1)11-9-12(15-14-11)13-7-4-8-16-13/h1-8,12H,9H2. The summed E-state index contributed by atoms with van der Waals surface area (Å²) in [5, 5.41) is 6.24. The monoisotopic (exact) mass is 229 g/mol. The largest absolute Gasteiger partial charge is 0.386 e. The van der Waals surface area contributed by atoms with Crippen LogP contribution >= 0.6 is 11.3 Å². The lowest BCUT2D eigenvalue weighted by molar-refractivity contribution is 0.0883. The minimum atomic E-state index is 0.107. The Kier molecular flexibility index (Phi) is 2.46. The molecule has 3 rings (SSSR count). The predicted octanol–water partition coefficient (Wildman–Crippen LogP) is 3.61. The van der Waals surface area contributed by atoms with Crippen molar-refractivity contribution in [2.75, 3.05) is 0 Å². The zero-order valence-corrected chi connectivity index (χ0v) is 9.48. The quantitative estimate of drug-likeness (QED) is 0.770. The number of rotatable bonds is 2. The molecule has 0 aliphatic carbocycles. The van der Waals surface area contributed by atoms with Crippen LogP contribution in [0.5, 0.6) is 0 Å². The topological polar surface area (TPSA) is 21.6 Å². The van der Waals surface area contributed by atoms with Crippen molar-refractivity contribution in [1.29, 1.82) is 0 Å². The van der Waals surface area contributed by atoms with Crippen molar-refractivity contribution in [3.8, 4) is 0 Å². The van der Waals surface area contributed by atoms with Gasteiger partial charge in [-0.2, -0.15) is 0 Å². The van der Waals surface area contributed by atoms with Gasteiger partial charge in [-0.1, -0.05) is 41.6 Å². The molecule has 80 valence electrons. The number of benzene rings is 1. The van der Waals surface area contributed by atoms with Crippen molar-refractivity contribution < 1.29 is 4.84 Å². The van der Waals surface area contributed by atoms with E-state index in [4.69, 9.17) is 4.84 Å². The molecule has 0 N–H and O–H groups in total. The average molecular weight is 229 g/mol. The Labute approximate surface area is 98.2 Å². The lowest BCUT2D eigenvalue weighted by Gasteiger charge is -2.03. The molecular formula is C13H11NOS. The van der Waals surface area contributed by atoms with Crippen molar-refractivity contribution >= 4 is 17.0 Å². The van der Waals surface area contributed by atoms with Gasteiger partial charge in [-0.3, -0.25) is 0 Å². The minimum Gasteiger partial charge on any atom is -0.386 e. The number of hydrogen-bond donors (Lipinski definition) is 0. The molecule has 1 unspecified atom stereocenters. The van der Waals surface area contributed by atoms with Crippen LogP contribution in [0.2, 0.25) is 0 Å². The normalized spacial score (nSPS) is 19.2. The molecule has 1 aromatic heterocycles. The molecule has 0 bridgehead atoms. The van der Waals surface area contributed by atoms with Gasteiger partial charge >= 0.3 is 0 Å². The molecule has 2 nitrogen and oxygen atoms in total. The van der Waals surface area contributed by atoms with Crippen molar-refractivity contribution in [1.82, 2.24) is 0 Å². The number of hydrogen-bond acceptors (Lipinski definition) is 3. The summed E-state index contributed by atoms with van der Waals surface area (Å²) in [5.74, 6) is 0. The molecule has 0 spiro atoms. The highest BCUT2D eigenvalue weighted by Crippen LogP contribution is 2.31. The molecule has 0 amide bonds. The number of oxime groups is 1. The fourth-order valence-corrected chi connectivity index (χ4v) is 2.56. The van der Waals surface area contributed by atoms with Crippen LogP contribution in [0.25, 0.3) is 0 Å². The molecule has 3 heteroatoms. The van der Waals surface area contributed by atoms with Gasteiger partial charge in [0.1, 0.15) is 0 Å². The van der Waals surface area contributed by atoms with Crippen LogP contribution in [0.1, 0.15) is 23.0 Å². The van der Waals surface area contributed by atoms with Gasteiger partial charge in [0.05, 0.1) is 5.71 Å². The van der Waals surface area contributed by atoms with Gasteiger partial charge in [0, 0.05) is 11.3 Å². The Balaban J connectivity index is 1.78. The van der Waals surface area contributed by atoms with Crippen LogP contribution in [0.3, 0.4) is 0 Å². The second-order valence-corrected chi connectivity index (χ2v) is 4.70. The summed E-state index contributed by atoms with van der Waals surface area (Å²) in [5.41, 5.74) is 2.19. The Bertz CT molecular complexity index is 490. The summed E-state index contributed by atoms with van der Waals surface area (Å²) >= 11 is 1.72. The first-order valence-corrected chi connectivity index (χ1v) is 6.13. The molecule has 0 saturated carbocycles. The van der Waals surface area contributed by atoms with Crippen LogP contribution in [-0.2, 0) is 4.84 Å². The van der Waals surface area contributed by atoms with Crippen LogP contribution < -0.4 is 0 Å². The molecule has 2 aromatic rings. The van der Waals surface area contributed by atoms with E-state index in [1.54, 1.807) is 11.3 Å². The highest BCUT2D eigenvalue weighted by molar-refractivity contribution is 7.10. The third-order valence-electron chi connectivity index (χ3n) is 2.64. The second-order valence-electron chi connectivity index (χ2n) is 3.72. The smallest absolute Gasteiger partial charge is 0.167 e. The number of thiophene rings is 1. The van der Waals surface area contributed by atoms with E-state index in [0.717, 1.165) is 17.7 Å². The van der Waals surface area contributed by atoms with Crippen molar-refractivity contribution in [3.05, 3.63) is 58.3 Å². The molecule has 16 heavy (non-hydrogen) atoms. The fraction of sp³-hybridized carbons (Fsp3) is 0.154. The average Bonchev–Trinajstić information content (AvgIpc) is 3.01. The molecule has 2 heterocycles. The zero-order valence-electron chi connectivity index (χ0n) is 8.67. The lowest BCUT2D eigenvalue weighted by atomic mass is 10.0. The Morgan fingerprint density at radius 3 is 2.75 bits per heavy atom. The summed E-state index contributed by atoms with van der Waals surface area (Å²) in [6.07, 6.45) is 0.972. The maximum Gasteiger partial charge on any atom is 0.167 e. The van der Waals surface area contributed by atoms with E-state index in [1.807, 2.05) is 24.3 Å². The Morgan fingerprint density at radius 2 is 2.00 bits per heavy atom. The van der Waals surface area contributed by atoms with E-state index < -0.39 is 0 Å². The third kappa shape index (κ3) is 1.74. The summed E-state index contributed by atoms with van der Waals surface area (Å²) in [7, 11) is 0. The summed E-state index contributed by atoms with van der Waals surface area (Å²) in [4.78, 5) is 6.71. The van der Waals surface area contributed by atoms with E-state index >= 15 is 0 Å². The van der Waals surface area contributed by atoms with Crippen LogP contribution in [-0.4, -0.2) is 5.71 Å². The van der Waals surface area contributed by atoms with Gasteiger partial charge in [0.25, 0.3) is 0 Å². The third-order valence-corrected chi connectivity index (χ3v) is 3.60. The molecular weight excluding hydrogens is 218 g/mol. The van der Waals surface area contributed by atoms with Crippen molar-refractivity contribution in [2.45, 2.75) is 12.5 Å². The van der Waals surface area contributed by atoms with Crippen LogP contribution in [0.15, 0.2) is 53.0 Å². The van der Waals surface area contributed by atoms with E-state index in [-0.39, 0.29) is 6.10 Å². The zero-order chi connectivity index (χ0) is 10.8. The van der Waals surface area contributed by atoms with E-state index in [0.29, 0.717) is 0 Å². The number of nitrogens with zero attached hydrogens (tertiary/aromatic N) is 1. The predicted molar refractivity (Wildman–Crippen MR) is 65.7 cm³/mol. The van der Waals surface area contributed by atoms with Crippen molar-refractivity contribution in [2.24, 2.45) is 5.16 Å². The maximum absolute atomic E-state index is 5.46. The second kappa shape index (κ2) is 4.10. The maximum atomic E-state index is 5.46. The van der Waals surface area contributed by atoms with Gasteiger partial charge in [-0.25, -0.2) is 0 Å². The molecule has 1 atom stereocenters. The molecule has 0 radical (unpaired) electrons. The van der Waals surface area contributed by atoms with Gasteiger partial charge in [-0.05, 0) is 17.0 Å². The van der Waals surface area contributed by atoms with Gasteiger partial charge in [-0.15, -0.1) is 11.3 Å². The SMILES string of the molecule is c1ccc(C2=NOC(c3cccs3)C2)cc1. The van der Waals surface area contributed by atoms with Gasteiger partial charge in [0.2, 0.25) is 0 Å². The molecule has 0 fully saturated rings. The summed E-state index contributed by atoms with van der Waals surface area (Å²) in [6, 6.07) is 14.3. The van der Waals surface area contributed by atoms with Crippen LogP contribution in [0, 0.1) is 0 Å².